The highest BCUT2D eigenvalue weighted by molar-refractivity contribution is 6.13. The van der Waals surface area contributed by atoms with Gasteiger partial charge in [0.1, 0.15) is 0 Å². The van der Waals surface area contributed by atoms with Crippen molar-refractivity contribution in [2.45, 2.75) is 6.42 Å². The maximum atomic E-state index is 13.5. The van der Waals surface area contributed by atoms with Gasteiger partial charge in [-0.1, -0.05) is 30.3 Å². The van der Waals surface area contributed by atoms with Crippen molar-refractivity contribution in [2.24, 2.45) is 5.73 Å². The van der Waals surface area contributed by atoms with Crippen LogP contribution in [0.3, 0.4) is 0 Å². The third-order valence-corrected chi connectivity index (χ3v) is 5.33. The highest BCUT2D eigenvalue weighted by Crippen LogP contribution is 2.28. The summed E-state index contributed by atoms with van der Waals surface area (Å²) < 4.78 is 5.39. The zero-order valence-electron chi connectivity index (χ0n) is 17.1. The fraction of sp³-hybridized carbons (Fsp3) is 0.250. The van der Waals surface area contributed by atoms with Gasteiger partial charge in [-0.05, 0) is 47.9 Å². The lowest BCUT2D eigenvalue weighted by atomic mass is 9.92. The summed E-state index contributed by atoms with van der Waals surface area (Å²) in [6, 6.07) is 17.1. The fourth-order valence-corrected chi connectivity index (χ4v) is 3.65. The molecule has 7 nitrogen and oxygen atoms in total. The molecule has 1 fully saturated rings. The molecule has 0 unspecified atom stereocenters. The number of carbonyl (C=O) groups excluding carboxylic acids is 1. The summed E-state index contributed by atoms with van der Waals surface area (Å²) in [5.74, 6) is 0.459. The van der Waals surface area contributed by atoms with Crippen LogP contribution in [0.15, 0.2) is 54.7 Å². The molecule has 0 saturated carbocycles. The number of benzene rings is 2. The Hall–Kier alpha value is -3.60. The molecular weight excluding hydrogens is 390 g/mol. The van der Waals surface area contributed by atoms with Crippen molar-refractivity contribution in [3.05, 3.63) is 77.0 Å². The van der Waals surface area contributed by atoms with Gasteiger partial charge in [0, 0.05) is 24.2 Å². The van der Waals surface area contributed by atoms with Crippen LogP contribution < -0.4 is 10.6 Å². The van der Waals surface area contributed by atoms with E-state index in [1.54, 1.807) is 18.2 Å². The SMILES string of the molecule is N#Cc1ccc(-c2ccc(CCN)cc2)c(C(=O)c2cnnc(N3CCOCC3)c2)c1. The first-order chi connectivity index (χ1) is 15.2. The molecule has 2 aromatic carbocycles. The monoisotopic (exact) mass is 413 g/mol. The van der Waals surface area contributed by atoms with Crippen LogP contribution in [-0.4, -0.2) is 48.8 Å². The van der Waals surface area contributed by atoms with Gasteiger partial charge >= 0.3 is 0 Å². The predicted molar refractivity (Wildman–Crippen MR) is 118 cm³/mol. The molecule has 2 heterocycles. The summed E-state index contributed by atoms with van der Waals surface area (Å²) in [5, 5.41) is 17.6. The van der Waals surface area contributed by atoms with E-state index in [1.807, 2.05) is 30.3 Å². The van der Waals surface area contributed by atoms with Gasteiger partial charge < -0.3 is 15.4 Å². The van der Waals surface area contributed by atoms with Crippen molar-refractivity contribution in [3.8, 4) is 17.2 Å². The van der Waals surface area contributed by atoms with Crippen molar-refractivity contribution in [1.82, 2.24) is 10.2 Å². The second kappa shape index (κ2) is 9.47. The molecule has 2 N–H and O–H groups in total. The summed E-state index contributed by atoms with van der Waals surface area (Å²) in [4.78, 5) is 15.5. The molecule has 7 heteroatoms. The molecule has 4 rings (SSSR count). The molecule has 0 atom stereocenters. The van der Waals surface area contributed by atoms with Crippen molar-refractivity contribution in [1.29, 1.82) is 5.26 Å². The van der Waals surface area contributed by atoms with Crippen LogP contribution in [-0.2, 0) is 11.2 Å². The molecule has 0 radical (unpaired) electrons. The summed E-state index contributed by atoms with van der Waals surface area (Å²) in [6.07, 6.45) is 2.27. The van der Waals surface area contributed by atoms with Crippen molar-refractivity contribution in [2.75, 3.05) is 37.7 Å². The molecule has 3 aromatic rings. The lowest BCUT2D eigenvalue weighted by Gasteiger charge is -2.27. The standard InChI is InChI=1S/C24H23N5O2/c25-8-7-17-1-4-19(5-2-17)21-6-3-18(15-26)13-22(21)24(30)20-14-23(28-27-16-20)29-9-11-31-12-10-29/h1-6,13-14,16H,7-12,25H2. The number of anilines is 1. The molecule has 31 heavy (non-hydrogen) atoms. The molecule has 0 spiro atoms. The molecule has 1 aliphatic heterocycles. The maximum absolute atomic E-state index is 13.5. The Kier molecular flexibility index (Phi) is 6.32. The Bertz CT molecular complexity index is 1120. The average Bonchev–Trinajstić information content (AvgIpc) is 2.84. The largest absolute Gasteiger partial charge is 0.378 e. The Morgan fingerprint density at radius 3 is 2.61 bits per heavy atom. The van der Waals surface area contributed by atoms with Crippen molar-refractivity contribution in [3.63, 3.8) is 0 Å². The quantitative estimate of drug-likeness (QED) is 0.619. The smallest absolute Gasteiger partial charge is 0.195 e. The van der Waals surface area contributed by atoms with E-state index < -0.39 is 0 Å². The number of rotatable bonds is 6. The third-order valence-electron chi connectivity index (χ3n) is 5.33. The van der Waals surface area contributed by atoms with E-state index in [4.69, 9.17) is 10.5 Å². The Balaban J connectivity index is 1.71. The van der Waals surface area contributed by atoms with Gasteiger partial charge in [-0.15, -0.1) is 5.10 Å². The first-order valence-electron chi connectivity index (χ1n) is 10.2. The second-order valence-corrected chi connectivity index (χ2v) is 7.34. The number of nitriles is 1. The van der Waals surface area contributed by atoms with E-state index in [9.17, 15) is 10.1 Å². The molecule has 0 bridgehead atoms. The molecule has 1 saturated heterocycles. The number of ketones is 1. The van der Waals surface area contributed by atoms with E-state index in [1.165, 1.54) is 6.20 Å². The summed E-state index contributed by atoms with van der Waals surface area (Å²) in [6.45, 7) is 3.23. The molecule has 1 aromatic heterocycles. The Morgan fingerprint density at radius 1 is 1.13 bits per heavy atom. The Morgan fingerprint density at radius 2 is 1.90 bits per heavy atom. The summed E-state index contributed by atoms with van der Waals surface area (Å²) >= 11 is 0. The molecule has 156 valence electrons. The van der Waals surface area contributed by atoms with Crippen LogP contribution >= 0.6 is 0 Å². The molecule has 1 aliphatic rings. The van der Waals surface area contributed by atoms with Crippen LogP contribution in [0.1, 0.15) is 27.0 Å². The molecule has 0 amide bonds. The van der Waals surface area contributed by atoms with Gasteiger partial charge in [-0.25, -0.2) is 0 Å². The van der Waals surface area contributed by atoms with E-state index in [0.29, 0.717) is 55.4 Å². The Labute approximate surface area is 181 Å². The first kappa shape index (κ1) is 20.7. The van der Waals surface area contributed by atoms with Crippen molar-refractivity contribution >= 4 is 11.6 Å². The second-order valence-electron chi connectivity index (χ2n) is 7.34. The average molecular weight is 413 g/mol. The number of nitrogens with zero attached hydrogens (tertiary/aromatic N) is 4. The zero-order valence-corrected chi connectivity index (χ0v) is 17.1. The number of hydrogen-bond acceptors (Lipinski definition) is 7. The highest BCUT2D eigenvalue weighted by atomic mass is 16.5. The predicted octanol–water partition coefficient (Wildman–Crippen LogP) is 2.58. The van der Waals surface area contributed by atoms with Crippen LogP contribution in [0.4, 0.5) is 5.82 Å². The van der Waals surface area contributed by atoms with E-state index in [2.05, 4.69) is 21.2 Å². The van der Waals surface area contributed by atoms with Gasteiger partial charge in [-0.3, -0.25) is 4.79 Å². The van der Waals surface area contributed by atoms with Gasteiger partial charge in [0.05, 0.1) is 31.0 Å². The minimum Gasteiger partial charge on any atom is -0.378 e. The number of ether oxygens (including phenoxy) is 1. The van der Waals surface area contributed by atoms with Gasteiger partial charge in [0.15, 0.2) is 11.6 Å². The summed E-state index contributed by atoms with van der Waals surface area (Å²) in [7, 11) is 0. The molecule has 0 aliphatic carbocycles. The van der Waals surface area contributed by atoms with Gasteiger partial charge in [0.2, 0.25) is 0 Å². The summed E-state index contributed by atoms with van der Waals surface area (Å²) in [5.41, 5.74) is 9.79. The normalized spacial score (nSPS) is 13.6. The van der Waals surface area contributed by atoms with E-state index >= 15 is 0 Å². The number of nitrogens with two attached hydrogens (primary N) is 1. The van der Waals surface area contributed by atoms with Crippen molar-refractivity contribution < 1.29 is 9.53 Å². The minimum absolute atomic E-state index is 0.192. The van der Waals surface area contributed by atoms with Gasteiger partial charge in [-0.2, -0.15) is 10.4 Å². The van der Waals surface area contributed by atoms with Crippen LogP contribution in [0.5, 0.6) is 0 Å². The minimum atomic E-state index is -0.192. The van der Waals surface area contributed by atoms with Gasteiger partial charge in [0.25, 0.3) is 0 Å². The van der Waals surface area contributed by atoms with E-state index in [0.717, 1.165) is 23.1 Å². The number of morpholine rings is 1. The number of carbonyl (C=O) groups is 1. The highest BCUT2D eigenvalue weighted by Gasteiger charge is 2.19. The van der Waals surface area contributed by atoms with Crippen LogP contribution in [0, 0.1) is 11.3 Å². The van der Waals surface area contributed by atoms with E-state index in [-0.39, 0.29) is 5.78 Å². The molecular formula is C24H23N5O2. The maximum Gasteiger partial charge on any atom is 0.195 e. The number of aromatic nitrogens is 2. The lowest BCUT2D eigenvalue weighted by Crippen LogP contribution is -2.37. The lowest BCUT2D eigenvalue weighted by molar-refractivity contribution is 0.103. The van der Waals surface area contributed by atoms with Crippen LogP contribution in [0.2, 0.25) is 0 Å². The fourth-order valence-electron chi connectivity index (χ4n) is 3.65. The number of hydrogen-bond donors (Lipinski definition) is 1. The third kappa shape index (κ3) is 4.61. The first-order valence-corrected chi connectivity index (χ1v) is 10.2. The van der Waals surface area contributed by atoms with Crippen LogP contribution in [0.25, 0.3) is 11.1 Å². The zero-order chi connectivity index (χ0) is 21.6. The topological polar surface area (TPSA) is 105 Å².